The Labute approximate surface area is 145 Å². The minimum Gasteiger partial charge on any atom is -0.453 e. The molecule has 1 heterocycles. The van der Waals surface area contributed by atoms with Crippen molar-refractivity contribution in [3.63, 3.8) is 0 Å². The number of halogens is 2. The fourth-order valence-electron chi connectivity index (χ4n) is 3.27. The van der Waals surface area contributed by atoms with Crippen molar-refractivity contribution >= 4 is 71.0 Å². The topological polar surface area (TPSA) is 13.1 Å². The smallest absolute Gasteiger partial charge is 0.154 e. The van der Waals surface area contributed by atoms with Crippen molar-refractivity contribution in [2.75, 3.05) is 0 Å². The normalized spacial score (nSPS) is 11.9. The van der Waals surface area contributed by atoms with E-state index in [0.717, 1.165) is 42.6 Å². The van der Waals surface area contributed by atoms with Crippen molar-refractivity contribution in [2.24, 2.45) is 0 Å². The van der Waals surface area contributed by atoms with Gasteiger partial charge in [-0.1, -0.05) is 60.1 Å². The van der Waals surface area contributed by atoms with Crippen molar-refractivity contribution in [2.45, 2.75) is 0 Å². The first kappa shape index (κ1) is 13.4. The molecule has 23 heavy (non-hydrogen) atoms. The minimum absolute atomic E-state index is 0.672. The van der Waals surface area contributed by atoms with Gasteiger partial charge in [0, 0.05) is 16.2 Å². The third-order valence-corrected chi connectivity index (χ3v) is 5.54. The van der Waals surface area contributed by atoms with Crippen LogP contribution in [0.5, 0.6) is 0 Å². The summed E-state index contributed by atoms with van der Waals surface area (Å²) in [6, 6.07) is 20.7. The number of hydrogen-bond acceptors (Lipinski definition) is 1. The fraction of sp³-hybridized carbons (Fsp3) is 0. The SMILES string of the molecule is Clc1c2ccccc2cc2c1oc1c(Br)c3ccccc3cc12. The van der Waals surface area contributed by atoms with Gasteiger partial charge in [-0.05, 0) is 44.2 Å². The van der Waals surface area contributed by atoms with Gasteiger partial charge in [0.2, 0.25) is 0 Å². The summed E-state index contributed by atoms with van der Waals surface area (Å²) in [5.74, 6) is 0. The Kier molecular flexibility index (Phi) is 2.76. The lowest BCUT2D eigenvalue weighted by atomic mass is 10.0. The molecule has 1 aromatic heterocycles. The number of benzene rings is 4. The van der Waals surface area contributed by atoms with E-state index in [9.17, 15) is 0 Å². The molecule has 0 bridgehead atoms. The van der Waals surface area contributed by atoms with Crippen LogP contribution in [0.25, 0.3) is 43.5 Å². The van der Waals surface area contributed by atoms with Crippen LogP contribution >= 0.6 is 27.5 Å². The largest absolute Gasteiger partial charge is 0.453 e. The highest BCUT2D eigenvalue weighted by molar-refractivity contribution is 9.10. The summed E-state index contributed by atoms with van der Waals surface area (Å²) in [6.45, 7) is 0. The van der Waals surface area contributed by atoms with Crippen molar-refractivity contribution in [3.05, 3.63) is 70.2 Å². The second-order valence-corrected chi connectivity index (χ2v) is 6.85. The average Bonchev–Trinajstić information content (AvgIpc) is 2.95. The Hall–Kier alpha value is -2.03. The Balaban J connectivity index is 2.08. The van der Waals surface area contributed by atoms with E-state index in [2.05, 4.69) is 46.3 Å². The maximum Gasteiger partial charge on any atom is 0.154 e. The first-order chi connectivity index (χ1) is 11.2. The zero-order chi connectivity index (χ0) is 15.6. The van der Waals surface area contributed by atoms with Crippen LogP contribution in [0, 0.1) is 0 Å². The van der Waals surface area contributed by atoms with Gasteiger partial charge in [-0.2, -0.15) is 0 Å². The van der Waals surface area contributed by atoms with Crippen LogP contribution in [0.1, 0.15) is 0 Å². The molecule has 0 saturated heterocycles. The van der Waals surface area contributed by atoms with Gasteiger partial charge in [0.05, 0.1) is 9.50 Å². The monoisotopic (exact) mass is 380 g/mol. The number of fused-ring (bicyclic) bond motifs is 5. The molecule has 0 amide bonds. The van der Waals surface area contributed by atoms with Crippen LogP contribution < -0.4 is 0 Å². The first-order valence-corrected chi connectivity index (χ1v) is 8.52. The average molecular weight is 382 g/mol. The van der Waals surface area contributed by atoms with Crippen LogP contribution in [-0.2, 0) is 0 Å². The van der Waals surface area contributed by atoms with E-state index in [0.29, 0.717) is 5.02 Å². The summed E-state index contributed by atoms with van der Waals surface area (Å²) in [5.41, 5.74) is 1.59. The molecule has 0 atom stereocenters. The zero-order valence-electron chi connectivity index (χ0n) is 11.9. The molecule has 5 aromatic rings. The van der Waals surface area contributed by atoms with Gasteiger partial charge in [0.25, 0.3) is 0 Å². The second-order valence-electron chi connectivity index (χ2n) is 5.68. The van der Waals surface area contributed by atoms with E-state index in [-0.39, 0.29) is 0 Å². The van der Waals surface area contributed by atoms with Crippen molar-refractivity contribution in [3.8, 4) is 0 Å². The lowest BCUT2D eigenvalue weighted by Crippen LogP contribution is -1.77. The summed E-state index contributed by atoms with van der Waals surface area (Å²) in [7, 11) is 0. The van der Waals surface area contributed by atoms with E-state index in [4.69, 9.17) is 16.0 Å². The van der Waals surface area contributed by atoms with Crippen molar-refractivity contribution in [1.82, 2.24) is 0 Å². The fourth-order valence-corrected chi connectivity index (χ4v) is 4.24. The predicted octanol–water partition coefficient (Wildman–Crippen LogP) is 7.31. The quantitative estimate of drug-likeness (QED) is 0.274. The summed E-state index contributed by atoms with van der Waals surface area (Å²) in [5, 5.41) is 7.26. The molecular formula is C20H10BrClO. The van der Waals surface area contributed by atoms with Crippen LogP contribution in [0.4, 0.5) is 0 Å². The third-order valence-electron chi connectivity index (χ3n) is 4.38. The van der Waals surface area contributed by atoms with Gasteiger partial charge >= 0.3 is 0 Å². The van der Waals surface area contributed by atoms with Crippen LogP contribution in [0.15, 0.2) is 69.6 Å². The predicted molar refractivity (Wildman–Crippen MR) is 101 cm³/mol. The molecular weight excluding hydrogens is 372 g/mol. The van der Waals surface area contributed by atoms with E-state index in [1.54, 1.807) is 0 Å². The summed E-state index contributed by atoms with van der Waals surface area (Å²) < 4.78 is 7.13. The Morgan fingerprint density at radius 2 is 1.26 bits per heavy atom. The van der Waals surface area contributed by atoms with Gasteiger partial charge in [-0.3, -0.25) is 0 Å². The Morgan fingerprint density at radius 3 is 2.00 bits per heavy atom. The number of hydrogen-bond donors (Lipinski definition) is 0. The van der Waals surface area contributed by atoms with E-state index < -0.39 is 0 Å². The minimum atomic E-state index is 0.672. The molecule has 1 nitrogen and oxygen atoms in total. The van der Waals surface area contributed by atoms with E-state index in [1.165, 1.54) is 5.39 Å². The van der Waals surface area contributed by atoms with Gasteiger partial charge in [0.1, 0.15) is 5.58 Å². The highest BCUT2D eigenvalue weighted by Crippen LogP contribution is 2.42. The molecule has 4 aromatic carbocycles. The van der Waals surface area contributed by atoms with Crippen molar-refractivity contribution < 1.29 is 4.42 Å². The van der Waals surface area contributed by atoms with Crippen LogP contribution in [0.3, 0.4) is 0 Å². The maximum absolute atomic E-state index is 6.62. The van der Waals surface area contributed by atoms with Crippen molar-refractivity contribution in [1.29, 1.82) is 0 Å². The molecule has 0 N–H and O–H groups in total. The van der Waals surface area contributed by atoms with Gasteiger partial charge in [0.15, 0.2) is 5.58 Å². The first-order valence-electron chi connectivity index (χ1n) is 7.35. The number of furan rings is 1. The molecule has 0 fully saturated rings. The molecule has 0 unspecified atom stereocenters. The summed E-state index contributed by atoms with van der Waals surface area (Å²) >= 11 is 10.3. The molecule has 0 saturated carbocycles. The van der Waals surface area contributed by atoms with E-state index >= 15 is 0 Å². The molecule has 0 radical (unpaired) electrons. The van der Waals surface area contributed by atoms with Crippen LogP contribution in [-0.4, -0.2) is 0 Å². The lowest BCUT2D eigenvalue weighted by molar-refractivity contribution is 0.668. The Bertz CT molecular complexity index is 1140. The highest BCUT2D eigenvalue weighted by Gasteiger charge is 2.16. The molecule has 0 aliphatic rings. The summed E-state index contributed by atoms with van der Waals surface area (Å²) in [4.78, 5) is 0. The molecule has 5 rings (SSSR count). The molecule has 0 aliphatic heterocycles. The van der Waals surface area contributed by atoms with Gasteiger partial charge in [-0.15, -0.1) is 0 Å². The standard InChI is InChI=1S/C20H10BrClO/c21-17-13-7-3-1-5-11(13)9-15-16-10-12-6-2-4-8-14(12)18(22)20(16)23-19(15)17/h1-10H. The molecule has 110 valence electrons. The maximum atomic E-state index is 6.62. The second kappa shape index (κ2) is 4.73. The van der Waals surface area contributed by atoms with Gasteiger partial charge < -0.3 is 4.42 Å². The molecule has 0 aliphatic carbocycles. The highest BCUT2D eigenvalue weighted by atomic mass is 79.9. The molecule has 3 heteroatoms. The Morgan fingerprint density at radius 1 is 0.696 bits per heavy atom. The third kappa shape index (κ3) is 1.79. The zero-order valence-corrected chi connectivity index (χ0v) is 14.3. The lowest BCUT2D eigenvalue weighted by Gasteiger charge is -2.02. The van der Waals surface area contributed by atoms with E-state index in [1.807, 2.05) is 30.3 Å². The summed E-state index contributed by atoms with van der Waals surface area (Å²) in [6.07, 6.45) is 0. The molecule has 0 spiro atoms. The van der Waals surface area contributed by atoms with Crippen LogP contribution in [0.2, 0.25) is 5.02 Å². The van der Waals surface area contributed by atoms with Gasteiger partial charge in [-0.25, -0.2) is 0 Å². The number of rotatable bonds is 0.